The van der Waals surface area contributed by atoms with Gasteiger partial charge in [-0.05, 0) is 21.7 Å². The molecule has 2 aromatic rings. The van der Waals surface area contributed by atoms with Crippen molar-refractivity contribution in [1.82, 2.24) is 4.90 Å². The predicted molar refractivity (Wildman–Crippen MR) is 79.9 cm³/mol. The van der Waals surface area contributed by atoms with E-state index in [-0.39, 0.29) is 5.91 Å². The number of benzene rings is 2. The molecule has 0 saturated heterocycles. The normalized spacial score (nSPS) is 15.9. The molecule has 2 heterocycles. The molecule has 4 rings (SSSR count). The van der Waals surface area contributed by atoms with Gasteiger partial charge >= 0.3 is 0 Å². The first-order valence-electron chi connectivity index (χ1n) is 6.72. The molecule has 0 atom stereocenters. The molecule has 1 amide bonds. The van der Waals surface area contributed by atoms with Crippen LogP contribution in [-0.2, 0) is 4.79 Å². The first kappa shape index (κ1) is 11.2. The highest BCUT2D eigenvalue weighted by Crippen LogP contribution is 2.10. The Morgan fingerprint density at radius 1 is 0.800 bits per heavy atom. The molecule has 0 N–H and O–H groups in total. The van der Waals surface area contributed by atoms with Gasteiger partial charge in [0, 0.05) is 17.8 Å². The average molecular weight is 259 g/mol. The molecule has 2 heteroatoms. The molecule has 0 aromatic heterocycles. The van der Waals surface area contributed by atoms with E-state index in [9.17, 15) is 4.79 Å². The number of hydrogen-bond acceptors (Lipinski definition) is 1. The van der Waals surface area contributed by atoms with Crippen LogP contribution in [0.25, 0.3) is 23.9 Å². The van der Waals surface area contributed by atoms with Gasteiger partial charge in [-0.1, -0.05) is 54.6 Å². The maximum atomic E-state index is 12.4. The van der Waals surface area contributed by atoms with Crippen molar-refractivity contribution in [3.05, 3.63) is 69.4 Å². The fourth-order valence-electron chi connectivity index (χ4n) is 2.84. The first-order valence-corrected chi connectivity index (χ1v) is 6.72. The van der Waals surface area contributed by atoms with E-state index in [1.165, 1.54) is 5.22 Å². The number of rotatable bonds is 0. The van der Waals surface area contributed by atoms with Gasteiger partial charge in [-0.3, -0.25) is 4.79 Å². The molecular weight excluding hydrogens is 246 g/mol. The van der Waals surface area contributed by atoms with Crippen molar-refractivity contribution in [2.45, 2.75) is 0 Å². The van der Waals surface area contributed by atoms with E-state index in [4.69, 9.17) is 0 Å². The van der Waals surface area contributed by atoms with Crippen LogP contribution in [0.15, 0.2) is 48.5 Å². The Kier molecular flexibility index (Phi) is 2.36. The largest absolute Gasteiger partial charge is 0.304 e. The van der Waals surface area contributed by atoms with E-state index in [1.807, 2.05) is 35.2 Å². The number of nitrogens with zero attached hydrogens (tertiary/aromatic N) is 1. The lowest BCUT2D eigenvalue weighted by atomic mass is 10.1. The lowest BCUT2D eigenvalue weighted by Crippen LogP contribution is -2.41. The molecule has 0 spiro atoms. The van der Waals surface area contributed by atoms with E-state index in [0.29, 0.717) is 6.54 Å². The van der Waals surface area contributed by atoms with E-state index < -0.39 is 0 Å². The second kappa shape index (κ2) is 4.20. The summed E-state index contributed by atoms with van der Waals surface area (Å²) in [7, 11) is 0. The van der Waals surface area contributed by atoms with E-state index in [2.05, 4.69) is 30.4 Å². The third-order valence-electron chi connectivity index (χ3n) is 3.85. The lowest BCUT2D eigenvalue weighted by Gasteiger charge is -2.23. The van der Waals surface area contributed by atoms with Gasteiger partial charge in [-0.25, -0.2) is 0 Å². The summed E-state index contributed by atoms with van der Waals surface area (Å²) in [5.74, 6) is 0.0481. The molecule has 96 valence electrons. The van der Waals surface area contributed by atoms with Crippen molar-refractivity contribution in [3.63, 3.8) is 0 Å². The Hall–Kier alpha value is -2.61. The third-order valence-corrected chi connectivity index (χ3v) is 3.85. The summed E-state index contributed by atoms with van der Waals surface area (Å²) in [6.45, 7) is 0.631. The molecule has 0 unspecified atom stereocenters. The van der Waals surface area contributed by atoms with Crippen molar-refractivity contribution in [2.75, 3.05) is 6.54 Å². The highest BCUT2D eigenvalue weighted by atomic mass is 16.2. The van der Waals surface area contributed by atoms with E-state index in [1.54, 1.807) is 6.08 Å². The number of hydrogen-bond donors (Lipinski definition) is 0. The zero-order valence-corrected chi connectivity index (χ0v) is 10.9. The summed E-state index contributed by atoms with van der Waals surface area (Å²) in [6, 6.07) is 16.2. The first-order chi connectivity index (χ1) is 9.83. The van der Waals surface area contributed by atoms with Gasteiger partial charge in [-0.2, -0.15) is 0 Å². The predicted octanol–water partition coefficient (Wildman–Crippen LogP) is -0.308. The fourth-order valence-corrected chi connectivity index (χ4v) is 2.84. The Labute approximate surface area is 116 Å². The average Bonchev–Trinajstić information content (AvgIpc) is 2.63. The highest BCUT2D eigenvalue weighted by molar-refractivity contribution is 6.10. The number of fused-ring (bicyclic) bond motifs is 3. The molecule has 2 aliphatic heterocycles. The summed E-state index contributed by atoms with van der Waals surface area (Å²) in [5.41, 5.74) is 0.995. The van der Waals surface area contributed by atoms with Gasteiger partial charge in [0.1, 0.15) is 0 Å². The minimum atomic E-state index is 0.0481. The highest BCUT2D eigenvalue weighted by Gasteiger charge is 2.18. The summed E-state index contributed by atoms with van der Waals surface area (Å²) in [5, 5.41) is 4.39. The van der Waals surface area contributed by atoms with Crippen molar-refractivity contribution >= 4 is 29.8 Å². The lowest BCUT2D eigenvalue weighted by molar-refractivity contribution is -0.121. The second-order valence-electron chi connectivity index (χ2n) is 5.04. The number of carbonyl (C=O) groups is 1. The maximum absolute atomic E-state index is 12.4. The van der Waals surface area contributed by atoms with Gasteiger partial charge in [0.15, 0.2) is 0 Å². The molecule has 0 bridgehead atoms. The summed E-state index contributed by atoms with van der Waals surface area (Å²) in [4.78, 5) is 14.3. The van der Waals surface area contributed by atoms with E-state index in [0.717, 1.165) is 21.4 Å². The van der Waals surface area contributed by atoms with Crippen LogP contribution in [0.1, 0.15) is 0 Å². The van der Waals surface area contributed by atoms with Crippen LogP contribution in [0.3, 0.4) is 0 Å². The van der Waals surface area contributed by atoms with Gasteiger partial charge in [0.2, 0.25) is 0 Å². The van der Waals surface area contributed by atoms with Crippen molar-refractivity contribution in [1.29, 1.82) is 0 Å². The summed E-state index contributed by atoms with van der Waals surface area (Å²) < 4.78 is 0. The Morgan fingerprint density at radius 3 is 2.25 bits per heavy atom. The Bertz CT molecular complexity index is 953. The molecule has 2 aliphatic rings. The summed E-state index contributed by atoms with van der Waals surface area (Å²) >= 11 is 0. The molecule has 0 fully saturated rings. The minimum absolute atomic E-state index is 0.0481. The van der Waals surface area contributed by atoms with Crippen molar-refractivity contribution < 1.29 is 4.79 Å². The topological polar surface area (TPSA) is 20.3 Å². The van der Waals surface area contributed by atoms with Crippen LogP contribution >= 0.6 is 0 Å². The maximum Gasteiger partial charge on any atom is 0.251 e. The summed E-state index contributed by atoms with van der Waals surface area (Å²) in [6.07, 6.45) is 5.94. The van der Waals surface area contributed by atoms with E-state index >= 15 is 0 Å². The standard InChI is InChI=1S/C18H13NO/c20-18-12-15-7-2-1-6-14(15)11-17-16-8-4-3-5-13(16)9-10-19(17)18/h1-9,11-12H,10H2. The smallest absolute Gasteiger partial charge is 0.251 e. The van der Waals surface area contributed by atoms with Crippen LogP contribution in [0.5, 0.6) is 0 Å². The number of carbonyl (C=O) groups excluding carboxylic acids is 1. The molecule has 0 aliphatic carbocycles. The molecular formula is C18H13NO. The van der Waals surface area contributed by atoms with Gasteiger partial charge < -0.3 is 4.90 Å². The zero-order valence-electron chi connectivity index (χ0n) is 10.9. The fraction of sp³-hybridized carbons (Fsp3) is 0.0556. The SMILES string of the molecule is O=C1C=c2ccccc2=CC2=c3ccccc3=CCN12. The van der Waals surface area contributed by atoms with Crippen molar-refractivity contribution in [3.8, 4) is 0 Å². The van der Waals surface area contributed by atoms with Crippen LogP contribution in [0.2, 0.25) is 0 Å². The molecule has 0 radical (unpaired) electrons. The third kappa shape index (κ3) is 1.62. The van der Waals surface area contributed by atoms with Crippen LogP contribution in [-0.4, -0.2) is 17.4 Å². The van der Waals surface area contributed by atoms with Crippen molar-refractivity contribution in [2.24, 2.45) is 0 Å². The Balaban J connectivity index is 2.20. The van der Waals surface area contributed by atoms with Crippen LogP contribution < -0.4 is 20.9 Å². The quantitative estimate of drug-likeness (QED) is 0.636. The van der Waals surface area contributed by atoms with Gasteiger partial charge in [0.05, 0.1) is 5.70 Å². The van der Waals surface area contributed by atoms with Crippen LogP contribution in [0, 0.1) is 0 Å². The number of amides is 1. The van der Waals surface area contributed by atoms with Gasteiger partial charge in [0.25, 0.3) is 5.91 Å². The molecule has 2 nitrogen and oxygen atoms in total. The molecule has 20 heavy (non-hydrogen) atoms. The molecule has 2 aromatic carbocycles. The minimum Gasteiger partial charge on any atom is -0.304 e. The monoisotopic (exact) mass is 259 g/mol. The van der Waals surface area contributed by atoms with Crippen LogP contribution in [0.4, 0.5) is 0 Å². The second-order valence-corrected chi connectivity index (χ2v) is 5.04. The Morgan fingerprint density at radius 2 is 1.45 bits per heavy atom. The van der Waals surface area contributed by atoms with Gasteiger partial charge in [-0.15, -0.1) is 0 Å². The zero-order chi connectivity index (χ0) is 13.5. The molecule has 0 saturated carbocycles.